The Morgan fingerprint density at radius 2 is 2.05 bits per heavy atom. The van der Waals surface area contributed by atoms with Crippen molar-refractivity contribution in [3.8, 4) is 0 Å². The summed E-state index contributed by atoms with van der Waals surface area (Å²) in [7, 11) is -3.26. The maximum atomic E-state index is 11.8. The van der Waals surface area contributed by atoms with Crippen LogP contribution in [0.25, 0.3) is 0 Å². The molecular formula is C13H16Cl2O3S. The Balaban J connectivity index is 2.28. The molecule has 106 valence electrons. The van der Waals surface area contributed by atoms with Gasteiger partial charge < -0.3 is 5.11 Å². The van der Waals surface area contributed by atoms with Crippen LogP contribution in [0.15, 0.2) is 18.2 Å². The molecule has 2 rings (SSSR count). The van der Waals surface area contributed by atoms with Gasteiger partial charge in [0, 0.05) is 12.7 Å². The van der Waals surface area contributed by atoms with Crippen molar-refractivity contribution < 1.29 is 13.5 Å². The Hall–Kier alpha value is -0.290. The molecule has 1 aromatic carbocycles. The molecule has 0 aromatic heterocycles. The topological polar surface area (TPSA) is 54.4 Å². The van der Waals surface area contributed by atoms with Crippen LogP contribution < -0.4 is 0 Å². The van der Waals surface area contributed by atoms with Gasteiger partial charge in [-0.05, 0) is 37.0 Å². The fraction of sp³-hybridized carbons (Fsp3) is 0.538. The fourth-order valence-electron chi connectivity index (χ4n) is 2.84. The van der Waals surface area contributed by atoms with Crippen molar-refractivity contribution >= 4 is 33.0 Å². The highest BCUT2D eigenvalue weighted by atomic mass is 35.5. The van der Waals surface area contributed by atoms with E-state index < -0.39 is 20.7 Å². The van der Waals surface area contributed by atoms with Gasteiger partial charge in [-0.3, -0.25) is 0 Å². The third-order valence-corrected chi connectivity index (χ3v) is 6.13. The highest BCUT2D eigenvalue weighted by molar-refractivity contribution is 7.91. The van der Waals surface area contributed by atoms with E-state index in [0.29, 0.717) is 22.9 Å². The van der Waals surface area contributed by atoms with Gasteiger partial charge in [0.15, 0.2) is 9.84 Å². The zero-order valence-corrected chi connectivity index (χ0v) is 12.9. The van der Waals surface area contributed by atoms with E-state index in [1.54, 1.807) is 18.2 Å². The summed E-state index contributed by atoms with van der Waals surface area (Å²) in [5.74, 6) is 0. The minimum absolute atomic E-state index is 0.279. The largest absolute Gasteiger partial charge is 0.388 e. The molecule has 19 heavy (non-hydrogen) atoms. The third kappa shape index (κ3) is 3.24. The molecule has 1 N–H and O–H groups in total. The number of hydrogen-bond acceptors (Lipinski definition) is 3. The maximum Gasteiger partial charge on any atom is 0.153 e. The molecule has 0 heterocycles. The standard InChI is InChI=1S/C13H16Cl2O3S/c1-19(17,18)12-3-2-6-13(12,16)8-9-4-5-10(14)11(15)7-9/h4-5,7,12,16H,2-3,6,8H2,1H3. The Kier molecular flexibility index (Phi) is 4.17. The lowest BCUT2D eigenvalue weighted by atomic mass is 9.93. The first kappa shape index (κ1) is 15.1. The second-order valence-electron chi connectivity index (χ2n) is 5.24. The first-order chi connectivity index (χ1) is 8.72. The number of sulfone groups is 1. The fourth-order valence-corrected chi connectivity index (χ4v) is 4.75. The number of benzene rings is 1. The number of aliphatic hydroxyl groups is 1. The molecule has 2 unspecified atom stereocenters. The van der Waals surface area contributed by atoms with Crippen LogP contribution in [-0.2, 0) is 16.3 Å². The number of halogens is 2. The van der Waals surface area contributed by atoms with Crippen LogP contribution in [0.1, 0.15) is 24.8 Å². The summed E-state index contributed by atoms with van der Waals surface area (Å²) in [6, 6.07) is 5.11. The van der Waals surface area contributed by atoms with Gasteiger partial charge in [0.1, 0.15) is 0 Å². The van der Waals surface area contributed by atoms with E-state index in [2.05, 4.69) is 0 Å². The predicted octanol–water partition coefficient (Wildman–Crippen LogP) is 2.86. The van der Waals surface area contributed by atoms with Crippen molar-refractivity contribution in [2.75, 3.05) is 6.26 Å². The summed E-state index contributed by atoms with van der Waals surface area (Å²) in [4.78, 5) is 0. The smallest absolute Gasteiger partial charge is 0.153 e. The molecule has 0 saturated heterocycles. The van der Waals surface area contributed by atoms with Crippen LogP contribution in [-0.4, -0.2) is 30.6 Å². The zero-order valence-electron chi connectivity index (χ0n) is 10.6. The molecule has 0 bridgehead atoms. The molecule has 6 heteroatoms. The lowest BCUT2D eigenvalue weighted by molar-refractivity contribution is 0.0513. The maximum absolute atomic E-state index is 11.8. The molecule has 3 nitrogen and oxygen atoms in total. The van der Waals surface area contributed by atoms with E-state index in [1.807, 2.05) is 0 Å². The average molecular weight is 323 g/mol. The zero-order chi connectivity index (χ0) is 14.3. The van der Waals surface area contributed by atoms with E-state index in [9.17, 15) is 13.5 Å². The Morgan fingerprint density at radius 1 is 1.37 bits per heavy atom. The second kappa shape index (κ2) is 5.24. The van der Waals surface area contributed by atoms with Crippen molar-refractivity contribution in [2.24, 2.45) is 0 Å². The molecule has 2 atom stereocenters. The molecule has 1 aliphatic carbocycles. The minimum Gasteiger partial charge on any atom is -0.388 e. The molecule has 0 amide bonds. The minimum atomic E-state index is -3.26. The normalized spacial score (nSPS) is 27.7. The van der Waals surface area contributed by atoms with Crippen molar-refractivity contribution in [3.05, 3.63) is 33.8 Å². The molecule has 0 spiro atoms. The summed E-state index contributed by atoms with van der Waals surface area (Å²) in [5.41, 5.74) is -0.405. The van der Waals surface area contributed by atoms with Gasteiger partial charge in [0.25, 0.3) is 0 Å². The van der Waals surface area contributed by atoms with Crippen molar-refractivity contribution in [1.29, 1.82) is 0 Å². The predicted molar refractivity (Wildman–Crippen MR) is 77.6 cm³/mol. The monoisotopic (exact) mass is 322 g/mol. The summed E-state index contributed by atoms with van der Waals surface area (Å²) >= 11 is 11.8. The van der Waals surface area contributed by atoms with E-state index in [-0.39, 0.29) is 6.42 Å². The van der Waals surface area contributed by atoms with Crippen molar-refractivity contribution in [1.82, 2.24) is 0 Å². The van der Waals surface area contributed by atoms with Crippen LogP contribution in [0.5, 0.6) is 0 Å². The molecule has 0 radical (unpaired) electrons. The van der Waals surface area contributed by atoms with Crippen LogP contribution in [0.3, 0.4) is 0 Å². The first-order valence-corrected chi connectivity index (χ1v) is 8.78. The summed E-state index contributed by atoms with van der Waals surface area (Å²) < 4.78 is 23.5. The van der Waals surface area contributed by atoms with Gasteiger partial charge in [-0.2, -0.15) is 0 Å². The van der Waals surface area contributed by atoms with E-state index in [0.717, 1.165) is 12.0 Å². The molecule has 1 fully saturated rings. The summed E-state index contributed by atoms with van der Waals surface area (Å²) in [6.45, 7) is 0. The van der Waals surface area contributed by atoms with Crippen LogP contribution in [0.2, 0.25) is 10.0 Å². The van der Waals surface area contributed by atoms with Crippen LogP contribution >= 0.6 is 23.2 Å². The average Bonchev–Trinajstić information content (AvgIpc) is 2.65. The van der Waals surface area contributed by atoms with Crippen LogP contribution in [0, 0.1) is 0 Å². The van der Waals surface area contributed by atoms with Gasteiger partial charge in [-0.15, -0.1) is 0 Å². The van der Waals surface area contributed by atoms with Gasteiger partial charge in [-0.25, -0.2) is 8.42 Å². The number of hydrogen-bond donors (Lipinski definition) is 1. The van der Waals surface area contributed by atoms with E-state index >= 15 is 0 Å². The van der Waals surface area contributed by atoms with Gasteiger partial charge in [-0.1, -0.05) is 29.3 Å². The van der Waals surface area contributed by atoms with Gasteiger partial charge in [0.2, 0.25) is 0 Å². The summed E-state index contributed by atoms with van der Waals surface area (Å²) in [5, 5.41) is 10.8. The Labute approximate surface area is 123 Å². The molecular weight excluding hydrogens is 307 g/mol. The van der Waals surface area contributed by atoms with Crippen molar-refractivity contribution in [2.45, 2.75) is 36.5 Å². The second-order valence-corrected chi connectivity index (χ2v) is 8.28. The Bertz CT molecular complexity index is 586. The first-order valence-electron chi connectivity index (χ1n) is 6.07. The molecule has 1 aliphatic rings. The molecule has 1 aromatic rings. The van der Waals surface area contributed by atoms with Crippen LogP contribution in [0.4, 0.5) is 0 Å². The van der Waals surface area contributed by atoms with Gasteiger partial charge >= 0.3 is 0 Å². The summed E-state index contributed by atoms with van der Waals surface area (Å²) in [6.07, 6.45) is 3.18. The van der Waals surface area contributed by atoms with E-state index in [1.165, 1.54) is 6.26 Å². The third-order valence-electron chi connectivity index (χ3n) is 3.69. The van der Waals surface area contributed by atoms with Crippen molar-refractivity contribution in [3.63, 3.8) is 0 Å². The highest BCUT2D eigenvalue weighted by Crippen LogP contribution is 2.38. The van der Waals surface area contributed by atoms with Gasteiger partial charge in [0.05, 0.1) is 20.9 Å². The highest BCUT2D eigenvalue weighted by Gasteiger charge is 2.46. The molecule has 0 aliphatic heterocycles. The quantitative estimate of drug-likeness (QED) is 0.930. The lowest BCUT2D eigenvalue weighted by Gasteiger charge is -2.29. The number of rotatable bonds is 3. The molecule has 1 saturated carbocycles. The SMILES string of the molecule is CS(=O)(=O)C1CCCC1(O)Cc1ccc(Cl)c(Cl)c1. The lowest BCUT2D eigenvalue weighted by Crippen LogP contribution is -2.44. The Morgan fingerprint density at radius 3 is 2.63 bits per heavy atom. The van der Waals surface area contributed by atoms with E-state index in [4.69, 9.17) is 23.2 Å².